The number of hydrogen-bond acceptors (Lipinski definition) is 28. The number of nitrogens with zero attached hydrogens (tertiary/aromatic N) is 18. The van der Waals surface area contributed by atoms with Gasteiger partial charge in [0.05, 0.1) is 75.4 Å². The fourth-order valence-electron chi connectivity index (χ4n) is 17.2. The second-order valence-electron chi connectivity index (χ2n) is 34.1. The van der Waals surface area contributed by atoms with Crippen LogP contribution in [0.25, 0.3) is 83.4 Å². The average Bonchev–Trinajstić information content (AvgIpc) is 1.77. The van der Waals surface area contributed by atoms with E-state index in [4.69, 9.17) is 33.7 Å². The summed E-state index contributed by atoms with van der Waals surface area (Å²) in [7, 11) is 12.1. The minimum Gasteiger partial charge on any atom is -0.494 e. The highest BCUT2D eigenvalue weighted by atomic mass is 32.1. The third kappa shape index (κ3) is 22.0. The number of aryl methyl sites for hydroxylation is 2. The number of methoxy groups -OCH3 is 5. The SMILES string of the molecule is COc1ccc(-c2cc(=O)n3cc(C4CCN(C)CC4)ccc3n2)cc1OC.COc1ccc(-c2cc(=O)n3cc(N4CCCN(C)CC4)ccc3n2)cc1F.COc1ccc(-c2cc(=O)n3cc(N4CC[C@H](NC(C)C)C4)ccc3n2)cc1OC.Cc1csc(-c2cc(=O)n3cc(N4CCNCC4)ccc3n2)n1.Cc1csc(-c2cc(=O)n3cc(N4CCN[C@@H](C)C4)ccc3n2)n1. The Bertz CT molecular complexity index is 7010. The molecule has 692 valence electrons. The lowest BCUT2D eigenvalue weighted by Gasteiger charge is -2.33. The van der Waals surface area contributed by atoms with Crippen LogP contribution in [0.3, 0.4) is 0 Å². The molecule has 3 aromatic carbocycles. The van der Waals surface area contributed by atoms with Gasteiger partial charge in [0.15, 0.2) is 34.6 Å². The predicted octanol–water partition coefficient (Wildman–Crippen LogP) is 12.3. The summed E-state index contributed by atoms with van der Waals surface area (Å²) >= 11 is 3.02. The van der Waals surface area contributed by atoms with Crippen LogP contribution >= 0.6 is 22.7 Å². The number of thiazole rings is 2. The van der Waals surface area contributed by atoms with Crippen molar-refractivity contribution >= 4 is 73.7 Å². The van der Waals surface area contributed by atoms with Gasteiger partial charge < -0.3 is 69.0 Å². The Hall–Kier alpha value is -13.4. The topological polar surface area (TPSA) is 299 Å². The van der Waals surface area contributed by atoms with E-state index in [2.05, 4.69) is 111 Å². The van der Waals surface area contributed by atoms with Gasteiger partial charge in [-0.2, -0.15) is 0 Å². The van der Waals surface area contributed by atoms with Crippen LogP contribution in [0.5, 0.6) is 28.7 Å². The normalized spacial score (nSPS) is 16.2. The summed E-state index contributed by atoms with van der Waals surface area (Å²) in [6.45, 7) is 25.1. The first-order chi connectivity index (χ1) is 64.4. The minimum atomic E-state index is -0.483. The van der Waals surface area contributed by atoms with Crippen LogP contribution in [0.1, 0.15) is 69.3 Å². The summed E-state index contributed by atoms with van der Waals surface area (Å²) in [5.41, 5.74) is 14.9. The molecule has 5 fully saturated rings. The predicted molar refractivity (Wildman–Crippen MR) is 525 cm³/mol. The van der Waals surface area contributed by atoms with Gasteiger partial charge in [-0.1, -0.05) is 19.9 Å². The molecule has 2 atom stereocenters. The van der Waals surface area contributed by atoms with Crippen LogP contribution in [0.4, 0.5) is 27.1 Å². The first kappa shape index (κ1) is 92.9. The number of fused-ring (bicyclic) bond motifs is 5. The van der Waals surface area contributed by atoms with Crippen molar-refractivity contribution in [3.8, 4) is 83.9 Å². The van der Waals surface area contributed by atoms with E-state index < -0.39 is 5.82 Å². The zero-order valence-corrected chi connectivity index (χ0v) is 78.6. The highest BCUT2D eigenvalue weighted by Crippen LogP contribution is 2.36. The molecule has 20 rings (SSSR count). The molecular formula is C99H112FN21O10S2. The number of hydrogen-bond donors (Lipinski definition) is 3. The Morgan fingerprint density at radius 1 is 0.398 bits per heavy atom. The third-order valence-corrected chi connectivity index (χ3v) is 26.3. The van der Waals surface area contributed by atoms with Crippen molar-refractivity contribution in [3.05, 3.63) is 262 Å². The van der Waals surface area contributed by atoms with Crippen molar-refractivity contribution in [3.63, 3.8) is 0 Å². The lowest BCUT2D eigenvalue weighted by Crippen LogP contribution is -2.49. The van der Waals surface area contributed by atoms with E-state index in [9.17, 15) is 28.4 Å². The maximum Gasteiger partial charge on any atom is 0.258 e. The summed E-state index contributed by atoms with van der Waals surface area (Å²) in [6, 6.07) is 44.4. The molecule has 17 heterocycles. The molecule has 5 aliphatic heterocycles. The molecule has 0 unspecified atom stereocenters. The molecule has 5 saturated heterocycles. The van der Waals surface area contributed by atoms with Crippen molar-refractivity contribution in [2.45, 2.75) is 84.3 Å². The van der Waals surface area contributed by atoms with Crippen LogP contribution in [0.15, 0.2) is 211 Å². The van der Waals surface area contributed by atoms with Crippen LogP contribution in [-0.4, -0.2) is 233 Å². The van der Waals surface area contributed by atoms with Gasteiger partial charge in [0, 0.05) is 197 Å². The molecule has 15 aromatic rings. The molecule has 0 spiro atoms. The standard InChI is InChI=1S/C23H28N4O3.C22H25N3O3.C21H23FN4O2.C17H19N5OS.C16H17N5OS/c1-15(2)24-17-9-10-26(13-17)18-6-8-22-25-19(12-23(28)27(22)14-18)16-5-7-20(29-3)21(11-16)30-4;1-24-10-8-15(9-11-24)17-5-7-21-23-18(13-22(26)25(21)14-17)16-4-6-19(27-2)20(12-16)28-3;1-24-8-3-9-25(11-10-24)16-5-7-20-23-18(13-21(27)26(20)14-16)15-4-6-19(28-2)17(22)12-15;1-11-8-21(6-5-18-11)13-3-4-15-20-14(7-16(23)22(15)9-13)17-19-12(2)10-24-17;1-11-10-23-16(18-11)13-8-15(22)21-9-12(2-3-14(21)19-13)20-6-4-17-5-7-20/h5-8,11-12,14-15,17,24H,9-10,13H2,1-4H3;4-7,12-15H,8-11H2,1-3H3;4-7,12-14H,3,8-11H2,1-2H3;3-4,7,9-11,18H,5-6,8H2,1-2H3;2-3,8-10,17H,4-7H2,1H3/t17-;;;11-;/m0..0./s1. The molecule has 0 radical (unpaired) electrons. The summed E-state index contributed by atoms with van der Waals surface area (Å²) in [5.74, 6) is 2.67. The van der Waals surface area contributed by atoms with Crippen molar-refractivity contribution in [1.82, 2.24) is 82.6 Å². The van der Waals surface area contributed by atoms with Gasteiger partial charge in [0.2, 0.25) is 0 Å². The number of piperazine rings is 2. The second kappa shape index (κ2) is 42.0. The van der Waals surface area contributed by atoms with Crippen LogP contribution in [0, 0.1) is 19.7 Å². The van der Waals surface area contributed by atoms with Crippen molar-refractivity contribution in [2.24, 2.45) is 0 Å². The molecule has 3 N–H and O–H groups in total. The molecular weight excluding hydrogens is 1730 g/mol. The van der Waals surface area contributed by atoms with Gasteiger partial charge in [0.25, 0.3) is 27.8 Å². The van der Waals surface area contributed by atoms with E-state index in [1.54, 1.807) is 80.8 Å². The van der Waals surface area contributed by atoms with Gasteiger partial charge in [-0.25, -0.2) is 39.3 Å². The largest absolute Gasteiger partial charge is 0.494 e. The summed E-state index contributed by atoms with van der Waals surface area (Å²) < 4.78 is 48.3. The summed E-state index contributed by atoms with van der Waals surface area (Å²) in [5, 5.41) is 15.9. The van der Waals surface area contributed by atoms with Crippen LogP contribution in [-0.2, 0) is 0 Å². The molecule has 0 aliphatic carbocycles. The number of pyridine rings is 5. The molecule has 0 saturated carbocycles. The minimum absolute atomic E-state index is 0.0742. The Balaban J connectivity index is 0.000000121. The number of likely N-dealkylation sites (tertiary alicyclic amines) is 1. The number of rotatable bonds is 17. The van der Waals surface area contributed by atoms with Gasteiger partial charge in [-0.15, -0.1) is 22.7 Å². The summed E-state index contributed by atoms with van der Waals surface area (Å²) in [6.07, 6.45) is 13.9. The Morgan fingerprint density at radius 2 is 0.797 bits per heavy atom. The van der Waals surface area contributed by atoms with Gasteiger partial charge in [-0.3, -0.25) is 46.0 Å². The van der Waals surface area contributed by atoms with Crippen molar-refractivity contribution in [2.75, 3.05) is 167 Å². The molecule has 12 aromatic heterocycles. The third-order valence-electron chi connectivity index (χ3n) is 24.4. The van der Waals surface area contributed by atoms with Crippen LogP contribution < -0.4 is 87.0 Å². The molecule has 31 nitrogen and oxygen atoms in total. The number of ether oxygens (including phenoxy) is 5. The lowest BCUT2D eigenvalue weighted by molar-refractivity contribution is 0.255. The van der Waals surface area contributed by atoms with E-state index in [1.807, 2.05) is 147 Å². The number of nitrogens with one attached hydrogen (secondary N) is 3. The van der Waals surface area contributed by atoms with Crippen molar-refractivity contribution < 1.29 is 28.1 Å². The maximum absolute atomic E-state index is 14.0. The molecule has 0 amide bonds. The number of halogens is 1. The van der Waals surface area contributed by atoms with E-state index in [0.717, 1.165) is 179 Å². The Morgan fingerprint density at radius 3 is 1.23 bits per heavy atom. The van der Waals surface area contributed by atoms with Gasteiger partial charge >= 0.3 is 0 Å². The molecule has 5 aliphatic rings. The summed E-state index contributed by atoms with van der Waals surface area (Å²) in [4.78, 5) is 109. The smallest absolute Gasteiger partial charge is 0.258 e. The fourth-order valence-corrected chi connectivity index (χ4v) is 18.8. The number of aromatic nitrogens is 12. The Kier molecular flexibility index (Phi) is 29.4. The van der Waals surface area contributed by atoms with E-state index in [1.165, 1.54) is 53.5 Å². The first-order valence-corrected chi connectivity index (χ1v) is 46.6. The fraction of sp³-hybridized carbons (Fsp3) is 0.354. The molecule has 133 heavy (non-hydrogen) atoms. The number of anilines is 4. The monoisotopic (exact) mass is 1840 g/mol. The number of likely N-dealkylation sites (N-methyl/N-ethyl adjacent to an activating group) is 1. The van der Waals surface area contributed by atoms with Crippen LogP contribution in [0.2, 0.25) is 0 Å². The first-order valence-electron chi connectivity index (χ1n) is 44.8. The van der Waals surface area contributed by atoms with E-state index >= 15 is 0 Å². The molecule has 0 bridgehead atoms. The molecule has 34 heteroatoms. The average molecular weight is 1840 g/mol. The highest BCUT2D eigenvalue weighted by Gasteiger charge is 2.27. The lowest BCUT2D eigenvalue weighted by atomic mass is 9.91. The number of piperidine rings is 1. The quantitative estimate of drug-likeness (QED) is 0.0763. The zero-order chi connectivity index (χ0) is 93.1. The zero-order valence-electron chi connectivity index (χ0n) is 77.0. The van der Waals surface area contributed by atoms with Gasteiger partial charge in [-0.05, 0) is 201 Å². The van der Waals surface area contributed by atoms with Gasteiger partial charge in [0.1, 0.15) is 49.6 Å². The second-order valence-corrected chi connectivity index (χ2v) is 35.9. The van der Waals surface area contributed by atoms with Crippen molar-refractivity contribution in [1.29, 1.82) is 0 Å². The highest BCUT2D eigenvalue weighted by molar-refractivity contribution is 7.13. The number of benzene rings is 3. The maximum atomic E-state index is 14.0. The van der Waals surface area contributed by atoms with E-state index in [0.29, 0.717) is 109 Å². The van der Waals surface area contributed by atoms with E-state index in [-0.39, 0.29) is 33.5 Å². The Labute approximate surface area is 777 Å².